The molecule has 3 heterocycles. The number of piperazine rings is 1. The Hall–Kier alpha value is -4.72. The number of aryl methyl sites for hydroxylation is 1. The lowest BCUT2D eigenvalue weighted by molar-refractivity contribution is -0.126. The van der Waals surface area contributed by atoms with Gasteiger partial charge in [-0.15, -0.1) is 0 Å². The standard InChI is InChI=1S/C32H31F3N6O4S/c1-5-26(42)39-14-15-40(19(3)17-39)30-21-16-24(35)28(27-22(33)9-7-10-23(27)34)36-31(21)41(32(43)37-30)29-18(2)8-6-11-25(29)38(4)46(44,45)20-12-13-20/h5-11,16,19-20H,1,12-15,17H2,2-4H3/t19-/m0/s1. The number of benzene rings is 2. The van der Waals surface area contributed by atoms with Crippen LogP contribution in [0, 0.1) is 24.4 Å². The van der Waals surface area contributed by atoms with E-state index in [0.29, 0.717) is 18.4 Å². The molecule has 1 saturated heterocycles. The van der Waals surface area contributed by atoms with Crippen molar-refractivity contribution < 1.29 is 26.4 Å². The summed E-state index contributed by atoms with van der Waals surface area (Å²) in [5.74, 6) is -3.37. The summed E-state index contributed by atoms with van der Waals surface area (Å²) in [5, 5.41) is -0.509. The van der Waals surface area contributed by atoms with Crippen molar-refractivity contribution in [3.05, 3.63) is 88.6 Å². The molecule has 0 N–H and O–H groups in total. The normalized spacial score (nSPS) is 17.0. The van der Waals surface area contributed by atoms with Gasteiger partial charge in [-0.25, -0.2) is 35.9 Å². The van der Waals surface area contributed by atoms with Gasteiger partial charge in [0, 0.05) is 32.7 Å². The maximum absolute atomic E-state index is 15.9. The number of amides is 1. The molecule has 10 nitrogen and oxygen atoms in total. The SMILES string of the molecule is C=CC(=O)N1CCN(c2nc(=O)n(-c3c(C)cccc3N(C)S(=O)(=O)C3CC3)c3nc(-c4c(F)cccc4F)c(F)cc23)[C@@H](C)C1. The molecule has 0 spiro atoms. The van der Waals surface area contributed by atoms with Crippen LogP contribution in [0.2, 0.25) is 0 Å². The van der Waals surface area contributed by atoms with E-state index < -0.39 is 49.7 Å². The van der Waals surface area contributed by atoms with Crippen molar-refractivity contribution >= 4 is 38.5 Å². The maximum Gasteiger partial charge on any atom is 0.355 e. The first kappa shape index (κ1) is 31.3. The quantitative estimate of drug-likeness (QED) is 0.274. The third-order valence-electron chi connectivity index (χ3n) is 8.49. The van der Waals surface area contributed by atoms with Crippen molar-refractivity contribution in [3.63, 3.8) is 0 Å². The van der Waals surface area contributed by atoms with Crippen LogP contribution in [0.4, 0.5) is 24.7 Å². The van der Waals surface area contributed by atoms with E-state index in [1.807, 2.05) is 6.92 Å². The van der Waals surface area contributed by atoms with Gasteiger partial charge in [0.2, 0.25) is 15.9 Å². The van der Waals surface area contributed by atoms with Crippen LogP contribution < -0.4 is 14.9 Å². The predicted octanol–water partition coefficient (Wildman–Crippen LogP) is 4.32. The van der Waals surface area contributed by atoms with Crippen LogP contribution in [0.5, 0.6) is 0 Å². The third-order valence-corrected chi connectivity index (χ3v) is 10.8. The molecule has 46 heavy (non-hydrogen) atoms. The number of para-hydroxylation sites is 1. The van der Waals surface area contributed by atoms with E-state index >= 15 is 4.39 Å². The van der Waals surface area contributed by atoms with Crippen molar-refractivity contribution in [1.29, 1.82) is 0 Å². The first-order valence-electron chi connectivity index (χ1n) is 14.7. The zero-order valence-electron chi connectivity index (χ0n) is 25.4. The van der Waals surface area contributed by atoms with E-state index in [-0.39, 0.29) is 59.8 Å². The first-order valence-corrected chi connectivity index (χ1v) is 16.2. The number of halogens is 3. The highest BCUT2D eigenvalue weighted by Crippen LogP contribution is 2.38. The van der Waals surface area contributed by atoms with Crippen LogP contribution in [-0.4, -0.2) is 71.7 Å². The molecule has 2 fully saturated rings. The van der Waals surface area contributed by atoms with Gasteiger partial charge in [0.05, 0.1) is 27.6 Å². The van der Waals surface area contributed by atoms with Crippen LogP contribution in [-0.2, 0) is 14.8 Å². The number of anilines is 2. The number of carbonyl (C=O) groups is 1. The Morgan fingerprint density at radius 1 is 1.04 bits per heavy atom. The van der Waals surface area contributed by atoms with Gasteiger partial charge in [0.25, 0.3) is 0 Å². The molecular weight excluding hydrogens is 621 g/mol. The maximum atomic E-state index is 15.9. The van der Waals surface area contributed by atoms with E-state index in [9.17, 15) is 26.8 Å². The smallest absolute Gasteiger partial charge is 0.350 e. The highest BCUT2D eigenvalue weighted by molar-refractivity contribution is 7.93. The largest absolute Gasteiger partial charge is 0.355 e. The van der Waals surface area contributed by atoms with E-state index in [4.69, 9.17) is 0 Å². The van der Waals surface area contributed by atoms with E-state index in [0.717, 1.165) is 33.1 Å². The fourth-order valence-corrected chi connectivity index (χ4v) is 7.54. The van der Waals surface area contributed by atoms with E-state index in [1.54, 1.807) is 28.9 Å². The molecule has 1 atom stereocenters. The lowest BCUT2D eigenvalue weighted by Gasteiger charge is -2.40. The van der Waals surface area contributed by atoms with Crippen molar-refractivity contribution in [2.75, 3.05) is 35.9 Å². The summed E-state index contributed by atoms with van der Waals surface area (Å²) in [5.41, 5.74) is -1.69. The molecule has 1 aliphatic carbocycles. The lowest BCUT2D eigenvalue weighted by Crippen LogP contribution is -2.54. The second-order valence-corrected chi connectivity index (χ2v) is 13.8. The molecule has 1 aliphatic heterocycles. The van der Waals surface area contributed by atoms with Gasteiger partial charge in [0.15, 0.2) is 11.5 Å². The van der Waals surface area contributed by atoms with Crippen LogP contribution in [0.25, 0.3) is 28.0 Å². The molecule has 2 aliphatic rings. The Bertz CT molecular complexity index is 2060. The highest BCUT2D eigenvalue weighted by atomic mass is 32.2. The molecule has 14 heteroatoms. The number of hydrogen-bond donors (Lipinski definition) is 0. The zero-order valence-corrected chi connectivity index (χ0v) is 26.2. The van der Waals surface area contributed by atoms with Crippen molar-refractivity contribution in [2.45, 2.75) is 38.0 Å². The summed E-state index contributed by atoms with van der Waals surface area (Å²) >= 11 is 0. The monoisotopic (exact) mass is 652 g/mol. The van der Waals surface area contributed by atoms with Crippen LogP contribution in [0.1, 0.15) is 25.3 Å². The molecule has 0 unspecified atom stereocenters. The second kappa shape index (κ2) is 11.6. The second-order valence-electron chi connectivity index (χ2n) is 11.5. The van der Waals surface area contributed by atoms with Crippen molar-refractivity contribution in [3.8, 4) is 16.9 Å². The van der Waals surface area contributed by atoms with Gasteiger partial charge < -0.3 is 9.80 Å². The van der Waals surface area contributed by atoms with Gasteiger partial charge in [0.1, 0.15) is 23.1 Å². The number of fused-ring (bicyclic) bond motifs is 1. The van der Waals surface area contributed by atoms with Crippen LogP contribution >= 0.6 is 0 Å². The van der Waals surface area contributed by atoms with E-state index in [1.165, 1.54) is 19.2 Å². The number of hydrogen-bond acceptors (Lipinski definition) is 7. The van der Waals surface area contributed by atoms with E-state index in [2.05, 4.69) is 16.5 Å². The van der Waals surface area contributed by atoms with Gasteiger partial charge >= 0.3 is 5.69 Å². The fourth-order valence-electron chi connectivity index (χ4n) is 5.94. The minimum Gasteiger partial charge on any atom is -0.350 e. The number of pyridine rings is 1. The van der Waals surface area contributed by atoms with Crippen molar-refractivity contribution in [1.82, 2.24) is 19.4 Å². The molecule has 0 bridgehead atoms. The Morgan fingerprint density at radius 2 is 1.72 bits per heavy atom. The molecule has 1 amide bonds. The number of rotatable bonds is 7. The van der Waals surface area contributed by atoms with Gasteiger partial charge in [-0.05, 0) is 62.6 Å². The highest BCUT2D eigenvalue weighted by Gasteiger charge is 2.40. The minimum absolute atomic E-state index is 0.0508. The number of sulfonamides is 1. The molecular formula is C32H31F3N6O4S. The van der Waals surface area contributed by atoms with Crippen LogP contribution in [0.3, 0.4) is 0 Å². The molecule has 6 rings (SSSR count). The number of carbonyl (C=O) groups excluding carboxylic acids is 1. The molecule has 4 aromatic rings. The average Bonchev–Trinajstić information content (AvgIpc) is 3.87. The van der Waals surface area contributed by atoms with Gasteiger partial charge in [-0.1, -0.05) is 24.8 Å². The Labute approximate surface area is 263 Å². The molecule has 0 radical (unpaired) electrons. The number of aromatic nitrogens is 3. The predicted molar refractivity (Wildman–Crippen MR) is 169 cm³/mol. The summed E-state index contributed by atoms with van der Waals surface area (Å²) < 4.78 is 74.7. The summed E-state index contributed by atoms with van der Waals surface area (Å²) in [7, 11) is -2.39. The summed E-state index contributed by atoms with van der Waals surface area (Å²) in [4.78, 5) is 38.5. The van der Waals surface area contributed by atoms with Crippen LogP contribution in [0.15, 0.2) is 59.9 Å². The molecule has 2 aromatic heterocycles. The lowest BCUT2D eigenvalue weighted by atomic mass is 10.1. The average molecular weight is 653 g/mol. The Balaban J connectivity index is 1.65. The fraction of sp³-hybridized carbons (Fsp3) is 0.312. The molecule has 240 valence electrons. The molecule has 2 aromatic carbocycles. The number of nitrogens with zero attached hydrogens (tertiary/aromatic N) is 6. The zero-order chi connectivity index (χ0) is 33.1. The summed E-state index contributed by atoms with van der Waals surface area (Å²) in [6.07, 6.45) is 2.23. The summed E-state index contributed by atoms with van der Waals surface area (Å²) in [6, 6.07) is 8.57. The topological polar surface area (TPSA) is 109 Å². The van der Waals surface area contributed by atoms with Crippen molar-refractivity contribution in [2.24, 2.45) is 0 Å². The Kier molecular flexibility index (Phi) is 7.87. The first-order chi connectivity index (χ1) is 21.8. The summed E-state index contributed by atoms with van der Waals surface area (Å²) in [6.45, 7) is 7.77. The minimum atomic E-state index is -3.78. The van der Waals surface area contributed by atoms with Gasteiger partial charge in [-0.3, -0.25) is 9.10 Å². The Morgan fingerprint density at radius 3 is 2.35 bits per heavy atom. The molecule has 1 saturated carbocycles. The third kappa shape index (κ3) is 5.19. The van der Waals surface area contributed by atoms with Gasteiger partial charge in [-0.2, -0.15) is 4.98 Å².